The molecule has 2 N–H and O–H groups in total. The minimum atomic E-state index is -0.201. The summed E-state index contributed by atoms with van der Waals surface area (Å²) in [4.78, 5) is 16.0. The fourth-order valence-electron chi connectivity index (χ4n) is 3.76. The maximum Gasteiger partial charge on any atom is 0.271 e. The standard InChI is InChI=1S/C24H27N3O2/c1-2-3-14-29-19-11-8-17(9-12-19)16-25-27-24(28)18-10-13-23-21(15-18)20-6-4-5-7-22(20)26-23/h8-13,15-16,26H,2-7,14H2,1H3,(H,27,28)/b25-16-. The summed E-state index contributed by atoms with van der Waals surface area (Å²) < 4.78 is 5.65. The van der Waals surface area contributed by atoms with E-state index in [0.717, 1.165) is 54.5 Å². The first kappa shape index (κ1) is 19.2. The molecule has 1 aliphatic carbocycles. The Labute approximate surface area is 171 Å². The van der Waals surface area contributed by atoms with E-state index in [-0.39, 0.29) is 5.91 Å². The monoisotopic (exact) mass is 389 g/mol. The summed E-state index contributed by atoms with van der Waals surface area (Å²) in [5.41, 5.74) is 7.96. The van der Waals surface area contributed by atoms with Crippen molar-refractivity contribution in [3.8, 4) is 5.75 Å². The maximum atomic E-state index is 12.5. The summed E-state index contributed by atoms with van der Waals surface area (Å²) in [7, 11) is 0. The Balaban J connectivity index is 1.39. The van der Waals surface area contributed by atoms with Gasteiger partial charge in [0.2, 0.25) is 0 Å². The van der Waals surface area contributed by atoms with Crippen molar-refractivity contribution in [3.63, 3.8) is 0 Å². The lowest BCUT2D eigenvalue weighted by Gasteiger charge is -2.10. The molecular formula is C24H27N3O2. The van der Waals surface area contributed by atoms with Crippen LogP contribution in [0, 0.1) is 0 Å². The number of fused-ring (bicyclic) bond motifs is 3. The third-order valence-corrected chi connectivity index (χ3v) is 5.39. The summed E-state index contributed by atoms with van der Waals surface area (Å²) in [6.45, 7) is 2.87. The molecule has 0 saturated heterocycles. The lowest BCUT2D eigenvalue weighted by Crippen LogP contribution is -2.17. The van der Waals surface area contributed by atoms with Crippen LogP contribution in [0.15, 0.2) is 47.6 Å². The molecular weight excluding hydrogens is 362 g/mol. The van der Waals surface area contributed by atoms with Crippen molar-refractivity contribution in [2.45, 2.75) is 45.4 Å². The van der Waals surface area contributed by atoms with Crippen molar-refractivity contribution in [2.75, 3.05) is 6.61 Å². The van der Waals surface area contributed by atoms with Crippen LogP contribution in [-0.2, 0) is 12.8 Å². The zero-order valence-electron chi connectivity index (χ0n) is 16.8. The molecule has 2 aromatic carbocycles. The third-order valence-electron chi connectivity index (χ3n) is 5.39. The smallest absolute Gasteiger partial charge is 0.271 e. The van der Waals surface area contributed by atoms with E-state index in [1.807, 2.05) is 42.5 Å². The highest BCUT2D eigenvalue weighted by molar-refractivity contribution is 5.99. The fourth-order valence-corrected chi connectivity index (χ4v) is 3.76. The van der Waals surface area contributed by atoms with Gasteiger partial charge in [0.1, 0.15) is 5.75 Å². The zero-order chi connectivity index (χ0) is 20.1. The van der Waals surface area contributed by atoms with Gasteiger partial charge in [-0.2, -0.15) is 5.10 Å². The number of unbranched alkanes of at least 4 members (excludes halogenated alkanes) is 1. The molecule has 3 aromatic rings. The van der Waals surface area contributed by atoms with Gasteiger partial charge in [-0.25, -0.2) is 5.43 Å². The number of carbonyl (C=O) groups excluding carboxylic acids is 1. The van der Waals surface area contributed by atoms with Gasteiger partial charge in [-0.1, -0.05) is 13.3 Å². The fraction of sp³-hybridized carbons (Fsp3) is 0.333. The molecule has 0 unspecified atom stereocenters. The molecule has 0 fully saturated rings. The van der Waals surface area contributed by atoms with E-state index < -0.39 is 0 Å². The summed E-state index contributed by atoms with van der Waals surface area (Å²) >= 11 is 0. The van der Waals surface area contributed by atoms with Crippen LogP contribution < -0.4 is 10.2 Å². The van der Waals surface area contributed by atoms with E-state index >= 15 is 0 Å². The van der Waals surface area contributed by atoms with Gasteiger partial charge in [0.05, 0.1) is 12.8 Å². The molecule has 0 aliphatic heterocycles. The number of aromatic nitrogens is 1. The van der Waals surface area contributed by atoms with Gasteiger partial charge in [0.15, 0.2) is 0 Å². The van der Waals surface area contributed by atoms with Crippen molar-refractivity contribution in [1.82, 2.24) is 10.4 Å². The first-order valence-electron chi connectivity index (χ1n) is 10.4. The van der Waals surface area contributed by atoms with Crippen LogP contribution in [-0.4, -0.2) is 23.7 Å². The number of amides is 1. The molecule has 4 rings (SSSR count). The molecule has 0 saturated carbocycles. The molecule has 0 spiro atoms. The average molecular weight is 389 g/mol. The topological polar surface area (TPSA) is 66.5 Å². The Hall–Kier alpha value is -3.08. The van der Waals surface area contributed by atoms with Crippen LogP contribution in [0.25, 0.3) is 10.9 Å². The predicted molar refractivity (Wildman–Crippen MR) is 117 cm³/mol. The van der Waals surface area contributed by atoms with Crippen LogP contribution >= 0.6 is 0 Å². The number of rotatable bonds is 7. The maximum absolute atomic E-state index is 12.5. The van der Waals surface area contributed by atoms with E-state index in [2.05, 4.69) is 22.4 Å². The normalized spacial score (nSPS) is 13.6. The Bertz CT molecular complexity index is 1020. The van der Waals surface area contributed by atoms with Gasteiger partial charge in [-0.15, -0.1) is 0 Å². The second kappa shape index (κ2) is 8.95. The van der Waals surface area contributed by atoms with Gasteiger partial charge in [0, 0.05) is 22.2 Å². The van der Waals surface area contributed by atoms with Crippen molar-refractivity contribution in [1.29, 1.82) is 0 Å². The second-order valence-corrected chi connectivity index (χ2v) is 7.52. The second-order valence-electron chi connectivity index (χ2n) is 7.52. The molecule has 29 heavy (non-hydrogen) atoms. The van der Waals surface area contributed by atoms with Crippen LogP contribution in [0.1, 0.15) is 59.8 Å². The summed E-state index contributed by atoms with van der Waals surface area (Å²) in [5.74, 6) is 0.649. The Morgan fingerprint density at radius 2 is 2.00 bits per heavy atom. The molecule has 0 bridgehead atoms. The number of carbonyl (C=O) groups is 1. The van der Waals surface area contributed by atoms with E-state index in [0.29, 0.717) is 5.56 Å². The summed E-state index contributed by atoms with van der Waals surface area (Å²) in [6, 6.07) is 13.5. The number of aryl methyl sites for hydroxylation is 2. The van der Waals surface area contributed by atoms with Crippen molar-refractivity contribution < 1.29 is 9.53 Å². The van der Waals surface area contributed by atoms with E-state index in [1.54, 1.807) is 6.21 Å². The first-order valence-corrected chi connectivity index (χ1v) is 10.4. The Morgan fingerprint density at radius 1 is 1.17 bits per heavy atom. The number of aromatic amines is 1. The average Bonchev–Trinajstić information content (AvgIpc) is 3.13. The largest absolute Gasteiger partial charge is 0.494 e. The van der Waals surface area contributed by atoms with Crippen LogP contribution in [0.3, 0.4) is 0 Å². The summed E-state index contributed by atoms with van der Waals surface area (Å²) in [6.07, 6.45) is 8.42. The lowest BCUT2D eigenvalue weighted by molar-refractivity contribution is 0.0955. The van der Waals surface area contributed by atoms with E-state index in [9.17, 15) is 4.79 Å². The lowest BCUT2D eigenvalue weighted by atomic mass is 9.95. The van der Waals surface area contributed by atoms with Crippen molar-refractivity contribution in [3.05, 3.63) is 64.8 Å². The molecule has 5 nitrogen and oxygen atoms in total. The minimum absolute atomic E-state index is 0.201. The van der Waals surface area contributed by atoms with Crippen LogP contribution in [0.5, 0.6) is 5.75 Å². The van der Waals surface area contributed by atoms with Gasteiger partial charge in [-0.05, 0) is 85.7 Å². The highest BCUT2D eigenvalue weighted by Gasteiger charge is 2.16. The van der Waals surface area contributed by atoms with E-state index in [1.165, 1.54) is 24.1 Å². The van der Waals surface area contributed by atoms with Gasteiger partial charge in [0.25, 0.3) is 5.91 Å². The number of H-pyrrole nitrogens is 1. The molecule has 1 amide bonds. The Kier molecular flexibility index (Phi) is 5.94. The quantitative estimate of drug-likeness (QED) is 0.340. The Morgan fingerprint density at radius 3 is 2.83 bits per heavy atom. The number of hydrogen-bond acceptors (Lipinski definition) is 3. The number of nitrogens with zero attached hydrogens (tertiary/aromatic N) is 1. The SMILES string of the molecule is CCCCOc1ccc(/C=N\NC(=O)c2ccc3[nH]c4c(c3c2)CCCC4)cc1. The highest BCUT2D eigenvalue weighted by atomic mass is 16.5. The van der Waals surface area contributed by atoms with Crippen molar-refractivity contribution >= 4 is 23.0 Å². The number of benzene rings is 2. The van der Waals surface area contributed by atoms with Gasteiger partial charge < -0.3 is 9.72 Å². The zero-order valence-corrected chi connectivity index (χ0v) is 16.8. The molecule has 1 aliphatic rings. The number of hydrazone groups is 1. The highest BCUT2D eigenvalue weighted by Crippen LogP contribution is 2.29. The molecule has 0 atom stereocenters. The third kappa shape index (κ3) is 4.50. The molecule has 0 radical (unpaired) electrons. The molecule has 1 heterocycles. The molecule has 150 valence electrons. The van der Waals surface area contributed by atoms with E-state index in [4.69, 9.17) is 4.74 Å². The van der Waals surface area contributed by atoms with Crippen molar-refractivity contribution in [2.24, 2.45) is 5.10 Å². The summed E-state index contributed by atoms with van der Waals surface area (Å²) in [5, 5.41) is 5.27. The minimum Gasteiger partial charge on any atom is -0.494 e. The van der Waals surface area contributed by atoms with Crippen LogP contribution in [0.2, 0.25) is 0 Å². The van der Waals surface area contributed by atoms with Crippen LogP contribution in [0.4, 0.5) is 0 Å². The predicted octanol–water partition coefficient (Wildman–Crippen LogP) is 4.99. The van der Waals surface area contributed by atoms with Gasteiger partial charge >= 0.3 is 0 Å². The first-order chi connectivity index (χ1) is 14.2. The number of nitrogens with one attached hydrogen (secondary N) is 2. The molecule has 5 heteroatoms. The number of ether oxygens (including phenoxy) is 1. The molecule has 1 aromatic heterocycles. The number of hydrogen-bond donors (Lipinski definition) is 2. The van der Waals surface area contributed by atoms with Gasteiger partial charge in [-0.3, -0.25) is 4.79 Å².